The summed E-state index contributed by atoms with van der Waals surface area (Å²) in [5.41, 5.74) is 4.36. The molecular weight excluding hydrogens is 270 g/mol. The lowest BCUT2D eigenvalue weighted by molar-refractivity contribution is 0.402. The lowest BCUT2D eigenvalue weighted by Crippen LogP contribution is -2.49. The second-order valence-electron chi connectivity index (χ2n) is 6.29. The number of nitrogens with zero attached hydrogens (tertiary/aromatic N) is 1. The van der Waals surface area contributed by atoms with Gasteiger partial charge in [0.1, 0.15) is 8.07 Å². The van der Waals surface area contributed by atoms with Crippen LogP contribution in [-0.2, 0) is 6.54 Å². The minimum absolute atomic E-state index is 1.02. The maximum atomic E-state index is 2.47. The normalized spacial score (nSPS) is 14.2. The second-order valence-corrected chi connectivity index (χ2v) is 10.6. The highest BCUT2D eigenvalue weighted by atomic mass is 28.3. The Bertz CT molecular complexity index is 629. The first-order valence-corrected chi connectivity index (χ1v) is 10.9. The van der Waals surface area contributed by atoms with Crippen LogP contribution in [0.25, 0.3) is 11.1 Å². The van der Waals surface area contributed by atoms with E-state index in [0.29, 0.717) is 0 Å². The number of rotatable bonds is 2. The molecule has 1 nitrogen and oxygen atoms in total. The van der Waals surface area contributed by atoms with Gasteiger partial charge < -0.3 is 4.90 Å². The summed E-state index contributed by atoms with van der Waals surface area (Å²) in [7, 11) is 2.78. The van der Waals surface area contributed by atoms with Crippen molar-refractivity contribution in [2.75, 3.05) is 14.1 Å². The molecule has 3 rings (SSSR count). The van der Waals surface area contributed by atoms with Crippen LogP contribution in [-0.4, -0.2) is 27.1 Å². The highest BCUT2D eigenvalue weighted by Gasteiger charge is 2.36. The minimum Gasteiger partial charge on any atom is -0.305 e. The van der Waals surface area contributed by atoms with E-state index in [2.05, 4.69) is 74.6 Å². The predicted octanol–water partition coefficient (Wildman–Crippen LogP) is 3.58. The summed E-state index contributed by atoms with van der Waals surface area (Å²) in [6.07, 6.45) is 0. The van der Waals surface area contributed by atoms with Gasteiger partial charge in [0.05, 0.1) is 0 Å². The molecule has 0 N–H and O–H groups in total. The first kappa shape index (κ1) is 16.0. The molecule has 0 fully saturated rings. The Morgan fingerprint density at radius 3 is 2.14 bits per heavy atom. The average molecular weight is 298 g/mol. The Kier molecular flexibility index (Phi) is 4.69. The zero-order valence-electron chi connectivity index (χ0n) is 14.2. The molecule has 1 heterocycles. The SMILES string of the molecule is CC.CN(C)Cc1ccc2c(c1)[Si](C)(C)c1ccccc1-2. The summed E-state index contributed by atoms with van der Waals surface area (Å²) in [5.74, 6) is 0. The number of fused-ring (bicyclic) bond motifs is 3. The lowest BCUT2D eigenvalue weighted by Gasteiger charge is -2.20. The largest absolute Gasteiger partial charge is 0.305 e. The number of hydrogen-bond donors (Lipinski definition) is 0. The third kappa shape index (κ3) is 2.83. The van der Waals surface area contributed by atoms with Gasteiger partial charge in [-0.15, -0.1) is 0 Å². The quantitative estimate of drug-likeness (QED) is 0.766. The summed E-state index contributed by atoms with van der Waals surface area (Å²) in [4.78, 5) is 2.23. The molecule has 0 saturated carbocycles. The molecule has 0 radical (unpaired) electrons. The molecule has 0 unspecified atom stereocenters. The molecule has 0 amide bonds. The number of hydrogen-bond acceptors (Lipinski definition) is 1. The Morgan fingerprint density at radius 2 is 1.48 bits per heavy atom. The molecule has 0 aliphatic carbocycles. The van der Waals surface area contributed by atoms with Crippen molar-refractivity contribution >= 4 is 18.4 Å². The Labute approximate surface area is 130 Å². The molecule has 1 aliphatic heterocycles. The third-order valence-electron chi connectivity index (χ3n) is 4.15. The van der Waals surface area contributed by atoms with E-state index in [4.69, 9.17) is 0 Å². The fraction of sp³-hybridized carbons (Fsp3) is 0.368. The Hall–Kier alpha value is -1.38. The standard InChI is InChI=1S/C17H21NSi.C2H6/c1-18(2)12-13-9-10-15-14-7-5-6-8-16(14)19(3,4)17(15)11-13;1-2/h5-11H,12H2,1-4H3;1-2H3. The first-order chi connectivity index (χ1) is 10.00. The summed E-state index contributed by atoms with van der Waals surface area (Å²) >= 11 is 0. The fourth-order valence-corrected chi connectivity index (χ4v) is 6.35. The van der Waals surface area contributed by atoms with Gasteiger partial charge in [0.2, 0.25) is 0 Å². The maximum Gasteiger partial charge on any atom is 0.113 e. The summed E-state index contributed by atoms with van der Waals surface area (Å²) < 4.78 is 0. The monoisotopic (exact) mass is 297 g/mol. The van der Waals surface area contributed by atoms with E-state index < -0.39 is 8.07 Å². The van der Waals surface area contributed by atoms with Crippen molar-refractivity contribution < 1.29 is 0 Å². The zero-order valence-corrected chi connectivity index (χ0v) is 15.2. The summed E-state index contributed by atoms with van der Waals surface area (Å²) in [6.45, 7) is 9.96. The second kappa shape index (κ2) is 6.16. The highest BCUT2D eigenvalue weighted by molar-refractivity contribution is 7.03. The van der Waals surface area contributed by atoms with Crippen molar-refractivity contribution in [2.24, 2.45) is 0 Å². The molecule has 112 valence electrons. The van der Waals surface area contributed by atoms with Crippen LogP contribution in [0.3, 0.4) is 0 Å². The van der Waals surface area contributed by atoms with E-state index in [0.717, 1.165) is 6.54 Å². The summed E-state index contributed by atoms with van der Waals surface area (Å²) in [5, 5.41) is 3.19. The third-order valence-corrected chi connectivity index (χ3v) is 7.69. The van der Waals surface area contributed by atoms with Gasteiger partial charge in [0, 0.05) is 6.54 Å². The van der Waals surface area contributed by atoms with Gasteiger partial charge in [-0.1, -0.05) is 69.4 Å². The van der Waals surface area contributed by atoms with Crippen LogP contribution >= 0.6 is 0 Å². The molecule has 2 aromatic carbocycles. The van der Waals surface area contributed by atoms with Crippen molar-refractivity contribution in [1.29, 1.82) is 0 Å². The topological polar surface area (TPSA) is 3.24 Å². The molecule has 2 heteroatoms. The van der Waals surface area contributed by atoms with Gasteiger partial charge in [0.15, 0.2) is 0 Å². The lowest BCUT2D eigenvalue weighted by atomic mass is 10.0. The van der Waals surface area contributed by atoms with Crippen molar-refractivity contribution in [3.8, 4) is 11.1 Å². The van der Waals surface area contributed by atoms with Crippen LogP contribution < -0.4 is 10.4 Å². The van der Waals surface area contributed by atoms with Crippen molar-refractivity contribution in [3.05, 3.63) is 48.0 Å². The molecule has 2 aromatic rings. The van der Waals surface area contributed by atoms with E-state index in [1.54, 1.807) is 10.4 Å². The fourth-order valence-electron chi connectivity index (χ4n) is 3.21. The molecular formula is C19H27NSi. The molecule has 0 spiro atoms. The van der Waals surface area contributed by atoms with Gasteiger partial charge in [-0.2, -0.15) is 0 Å². The highest BCUT2D eigenvalue weighted by Crippen LogP contribution is 2.28. The average Bonchev–Trinajstić information content (AvgIpc) is 2.70. The van der Waals surface area contributed by atoms with Crippen molar-refractivity contribution in [3.63, 3.8) is 0 Å². The molecule has 0 aromatic heterocycles. The molecule has 0 atom stereocenters. The smallest absolute Gasteiger partial charge is 0.113 e. The zero-order chi connectivity index (χ0) is 15.6. The van der Waals surface area contributed by atoms with Crippen LogP contribution in [0.15, 0.2) is 42.5 Å². The van der Waals surface area contributed by atoms with Gasteiger partial charge in [-0.05, 0) is 41.2 Å². The summed E-state index contributed by atoms with van der Waals surface area (Å²) in [6, 6.07) is 16.0. The van der Waals surface area contributed by atoms with Crippen LogP contribution in [0.5, 0.6) is 0 Å². The van der Waals surface area contributed by atoms with Crippen molar-refractivity contribution in [1.82, 2.24) is 4.90 Å². The van der Waals surface area contributed by atoms with Crippen LogP contribution in [0.2, 0.25) is 13.1 Å². The van der Waals surface area contributed by atoms with Crippen molar-refractivity contribution in [2.45, 2.75) is 33.5 Å². The predicted molar refractivity (Wildman–Crippen MR) is 97.4 cm³/mol. The molecule has 21 heavy (non-hydrogen) atoms. The van der Waals surface area contributed by atoms with Crippen LogP contribution in [0, 0.1) is 0 Å². The molecule has 1 aliphatic rings. The van der Waals surface area contributed by atoms with Crippen LogP contribution in [0.4, 0.5) is 0 Å². The Morgan fingerprint density at radius 1 is 0.857 bits per heavy atom. The van der Waals surface area contributed by atoms with E-state index in [-0.39, 0.29) is 0 Å². The van der Waals surface area contributed by atoms with Gasteiger partial charge >= 0.3 is 0 Å². The van der Waals surface area contributed by atoms with E-state index in [9.17, 15) is 0 Å². The van der Waals surface area contributed by atoms with E-state index in [1.165, 1.54) is 16.7 Å². The first-order valence-electron chi connectivity index (χ1n) is 7.88. The number of benzene rings is 2. The van der Waals surface area contributed by atoms with E-state index >= 15 is 0 Å². The minimum atomic E-state index is -1.48. The van der Waals surface area contributed by atoms with Gasteiger partial charge in [-0.25, -0.2) is 0 Å². The molecule has 0 saturated heterocycles. The maximum absolute atomic E-state index is 2.47. The van der Waals surface area contributed by atoms with Gasteiger partial charge in [-0.3, -0.25) is 0 Å². The Balaban J connectivity index is 0.000000774. The molecule has 0 bridgehead atoms. The van der Waals surface area contributed by atoms with Crippen LogP contribution in [0.1, 0.15) is 19.4 Å². The van der Waals surface area contributed by atoms with Gasteiger partial charge in [0.25, 0.3) is 0 Å². The van der Waals surface area contributed by atoms with E-state index in [1.807, 2.05) is 13.8 Å².